The largest absolute Gasteiger partial charge is 0.352 e. The van der Waals surface area contributed by atoms with Gasteiger partial charge in [-0.1, -0.05) is 28.8 Å². The number of halogens is 1. The molecule has 0 aromatic carbocycles. The van der Waals surface area contributed by atoms with Crippen LogP contribution in [0, 0.1) is 5.92 Å². The van der Waals surface area contributed by atoms with Crippen molar-refractivity contribution in [2.75, 3.05) is 6.54 Å². The van der Waals surface area contributed by atoms with E-state index in [4.69, 9.17) is 0 Å². The average molecular weight is 286 g/mol. The molecule has 2 N–H and O–H groups in total. The van der Waals surface area contributed by atoms with E-state index in [1.54, 1.807) is 12.4 Å². The number of hydrogen-bond acceptors (Lipinski definition) is 2. The third-order valence-corrected chi connectivity index (χ3v) is 4.31. The highest BCUT2D eigenvalue weighted by atomic mass is 79.9. The van der Waals surface area contributed by atoms with E-state index in [0.29, 0.717) is 16.3 Å². The second-order valence-electron chi connectivity index (χ2n) is 4.26. The van der Waals surface area contributed by atoms with Crippen LogP contribution in [0.4, 0.5) is 0 Å². The minimum absolute atomic E-state index is 0.0426. The van der Waals surface area contributed by atoms with Crippen molar-refractivity contribution in [3.63, 3.8) is 0 Å². The second kappa shape index (κ2) is 5.48. The quantitative estimate of drug-likeness (QED) is 0.836. The summed E-state index contributed by atoms with van der Waals surface area (Å²) >= 11 is 3.68. The van der Waals surface area contributed by atoms with Crippen molar-refractivity contribution in [3.8, 4) is 0 Å². The third kappa shape index (κ3) is 2.84. The van der Waals surface area contributed by atoms with Gasteiger partial charge in [0.05, 0.1) is 11.8 Å². The predicted octanol–water partition coefficient (Wildman–Crippen LogP) is 2.09. The van der Waals surface area contributed by atoms with Gasteiger partial charge in [-0.2, -0.15) is 5.10 Å². The summed E-state index contributed by atoms with van der Waals surface area (Å²) in [7, 11) is 0. The molecule has 1 amide bonds. The van der Waals surface area contributed by atoms with Crippen LogP contribution in [-0.2, 0) is 0 Å². The molecule has 5 heteroatoms. The standard InChI is InChI=1S/C11H16BrN3O/c12-10-4-2-1-3-8(10)5-13-11(16)9-6-14-15-7-9/h6-8,10H,1-5H2,(H,13,16)(H,14,15). The van der Waals surface area contributed by atoms with Crippen molar-refractivity contribution in [1.29, 1.82) is 0 Å². The van der Waals surface area contributed by atoms with Crippen molar-refractivity contribution >= 4 is 21.8 Å². The normalized spacial score (nSPS) is 25.3. The Balaban J connectivity index is 1.80. The van der Waals surface area contributed by atoms with Crippen LogP contribution >= 0.6 is 15.9 Å². The summed E-state index contributed by atoms with van der Waals surface area (Å²) in [6, 6.07) is 0. The zero-order valence-electron chi connectivity index (χ0n) is 9.08. The number of rotatable bonds is 3. The minimum atomic E-state index is -0.0426. The summed E-state index contributed by atoms with van der Waals surface area (Å²) in [6.07, 6.45) is 8.13. The van der Waals surface area contributed by atoms with Gasteiger partial charge in [-0.3, -0.25) is 9.89 Å². The molecule has 1 aliphatic rings. The molecule has 0 aliphatic heterocycles. The number of aromatic nitrogens is 2. The number of nitrogens with one attached hydrogen (secondary N) is 2. The van der Waals surface area contributed by atoms with Crippen molar-refractivity contribution in [2.45, 2.75) is 30.5 Å². The lowest BCUT2D eigenvalue weighted by Gasteiger charge is -2.27. The number of alkyl halides is 1. The first-order valence-corrected chi connectivity index (χ1v) is 6.60. The Morgan fingerprint density at radius 1 is 1.56 bits per heavy atom. The van der Waals surface area contributed by atoms with Crippen molar-refractivity contribution in [2.24, 2.45) is 5.92 Å². The molecule has 1 fully saturated rings. The molecule has 2 atom stereocenters. The number of carbonyl (C=O) groups is 1. The minimum Gasteiger partial charge on any atom is -0.352 e. The van der Waals surface area contributed by atoms with Gasteiger partial charge in [0.1, 0.15) is 0 Å². The molecule has 1 aromatic rings. The zero-order chi connectivity index (χ0) is 11.4. The topological polar surface area (TPSA) is 57.8 Å². The van der Waals surface area contributed by atoms with Gasteiger partial charge in [0.15, 0.2) is 0 Å². The first kappa shape index (κ1) is 11.6. The van der Waals surface area contributed by atoms with Gasteiger partial charge >= 0.3 is 0 Å². The molecule has 1 aliphatic carbocycles. The number of nitrogens with zero attached hydrogens (tertiary/aromatic N) is 1. The van der Waals surface area contributed by atoms with Gasteiger partial charge in [-0.05, 0) is 18.8 Å². The summed E-state index contributed by atoms with van der Waals surface area (Å²) in [4.78, 5) is 12.2. The van der Waals surface area contributed by atoms with Crippen molar-refractivity contribution in [3.05, 3.63) is 18.0 Å². The van der Waals surface area contributed by atoms with E-state index in [1.807, 2.05) is 0 Å². The fourth-order valence-electron chi connectivity index (χ4n) is 2.09. The van der Waals surface area contributed by atoms with Crippen LogP contribution in [0.5, 0.6) is 0 Å². The summed E-state index contributed by atoms with van der Waals surface area (Å²) in [6.45, 7) is 0.750. The highest BCUT2D eigenvalue weighted by Gasteiger charge is 2.23. The lowest BCUT2D eigenvalue weighted by Crippen LogP contribution is -2.34. The fraction of sp³-hybridized carbons (Fsp3) is 0.636. The fourth-order valence-corrected chi connectivity index (χ4v) is 2.87. The molecule has 0 spiro atoms. The Hall–Kier alpha value is -0.840. The molecule has 16 heavy (non-hydrogen) atoms. The molecular weight excluding hydrogens is 270 g/mol. The lowest BCUT2D eigenvalue weighted by molar-refractivity contribution is 0.0944. The molecule has 1 saturated carbocycles. The Morgan fingerprint density at radius 3 is 3.06 bits per heavy atom. The smallest absolute Gasteiger partial charge is 0.254 e. The number of carbonyl (C=O) groups excluding carboxylic acids is 1. The number of hydrogen-bond donors (Lipinski definition) is 2. The van der Waals surface area contributed by atoms with Gasteiger partial charge in [0.2, 0.25) is 0 Å². The van der Waals surface area contributed by atoms with Gasteiger partial charge < -0.3 is 5.32 Å². The highest BCUT2D eigenvalue weighted by Crippen LogP contribution is 2.29. The van der Waals surface area contributed by atoms with Crippen LogP contribution in [0.15, 0.2) is 12.4 Å². The molecule has 2 unspecified atom stereocenters. The van der Waals surface area contributed by atoms with Crippen LogP contribution in [0.3, 0.4) is 0 Å². The van der Waals surface area contributed by atoms with E-state index in [-0.39, 0.29) is 5.91 Å². The Bertz CT molecular complexity index is 339. The van der Waals surface area contributed by atoms with Crippen LogP contribution in [0.1, 0.15) is 36.0 Å². The van der Waals surface area contributed by atoms with Crippen LogP contribution < -0.4 is 5.32 Å². The molecule has 4 nitrogen and oxygen atoms in total. The first-order valence-electron chi connectivity index (χ1n) is 5.68. The maximum Gasteiger partial charge on any atom is 0.254 e. The van der Waals surface area contributed by atoms with Gasteiger partial charge in [0, 0.05) is 17.6 Å². The van der Waals surface area contributed by atoms with Crippen LogP contribution in [0.2, 0.25) is 0 Å². The Morgan fingerprint density at radius 2 is 2.38 bits per heavy atom. The number of amides is 1. The van der Waals surface area contributed by atoms with E-state index >= 15 is 0 Å². The maximum atomic E-state index is 11.7. The molecule has 2 rings (SSSR count). The molecule has 88 valence electrons. The van der Waals surface area contributed by atoms with Crippen LogP contribution in [-0.4, -0.2) is 27.5 Å². The lowest BCUT2D eigenvalue weighted by atomic mass is 9.89. The van der Waals surface area contributed by atoms with E-state index in [0.717, 1.165) is 6.54 Å². The monoisotopic (exact) mass is 285 g/mol. The molecule has 0 radical (unpaired) electrons. The SMILES string of the molecule is O=C(NCC1CCCCC1Br)c1cn[nH]c1. The molecule has 0 bridgehead atoms. The van der Waals surface area contributed by atoms with Crippen LogP contribution in [0.25, 0.3) is 0 Å². The molecule has 1 heterocycles. The third-order valence-electron chi connectivity index (χ3n) is 3.10. The summed E-state index contributed by atoms with van der Waals surface area (Å²) in [5.41, 5.74) is 0.599. The summed E-state index contributed by atoms with van der Waals surface area (Å²) < 4.78 is 0. The number of H-pyrrole nitrogens is 1. The first-order chi connectivity index (χ1) is 7.77. The van der Waals surface area contributed by atoms with E-state index in [1.165, 1.54) is 25.7 Å². The highest BCUT2D eigenvalue weighted by molar-refractivity contribution is 9.09. The summed E-state index contributed by atoms with van der Waals surface area (Å²) in [5, 5.41) is 9.35. The molecule has 1 aromatic heterocycles. The maximum absolute atomic E-state index is 11.7. The van der Waals surface area contributed by atoms with Crippen molar-refractivity contribution in [1.82, 2.24) is 15.5 Å². The van der Waals surface area contributed by atoms with E-state index in [2.05, 4.69) is 31.4 Å². The van der Waals surface area contributed by atoms with Crippen molar-refractivity contribution < 1.29 is 4.79 Å². The summed E-state index contributed by atoms with van der Waals surface area (Å²) in [5.74, 6) is 0.517. The average Bonchev–Trinajstić information content (AvgIpc) is 2.81. The van der Waals surface area contributed by atoms with E-state index < -0.39 is 0 Å². The molecular formula is C11H16BrN3O. The predicted molar refractivity (Wildman–Crippen MR) is 65.6 cm³/mol. The van der Waals surface area contributed by atoms with Gasteiger partial charge in [-0.25, -0.2) is 0 Å². The Kier molecular flexibility index (Phi) is 3.98. The van der Waals surface area contributed by atoms with Gasteiger partial charge in [-0.15, -0.1) is 0 Å². The Labute approximate surface area is 103 Å². The van der Waals surface area contributed by atoms with Gasteiger partial charge in [0.25, 0.3) is 5.91 Å². The number of aromatic amines is 1. The van der Waals surface area contributed by atoms with E-state index in [9.17, 15) is 4.79 Å². The molecule has 0 saturated heterocycles. The second-order valence-corrected chi connectivity index (χ2v) is 5.43. The zero-order valence-corrected chi connectivity index (χ0v) is 10.7.